The molecule has 118 valence electrons. The van der Waals surface area contributed by atoms with Crippen LogP contribution < -0.4 is 9.13 Å². The Hall–Kier alpha value is -1.12. The maximum Gasteiger partial charge on any atom is 0.274 e. The molecule has 0 aromatic carbocycles. The van der Waals surface area contributed by atoms with Crippen LogP contribution in [0, 0.1) is 0 Å². The van der Waals surface area contributed by atoms with Gasteiger partial charge in [0.05, 0.1) is 0 Å². The second kappa shape index (κ2) is 9.81. The Bertz CT molecular complexity index is 521. The first-order valence-corrected chi connectivity index (χ1v) is 8.81. The molecule has 2 aromatic heterocycles. The van der Waals surface area contributed by atoms with Gasteiger partial charge >= 0.3 is 0 Å². The summed E-state index contributed by atoms with van der Waals surface area (Å²) >= 11 is 12.3. The third kappa shape index (κ3) is 5.94. The molecule has 0 amide bonds. The molecule has 0 spiro atoms. The van der Waals surface area contributed by atoms with E-state index in [2.05, 4.69) is 9.13 Å². The lowest BCUT2D eigenvalue weighted by Gasteiger charge is -2.01. The minimum absolute atomic E-state index is 0.819. The number of rotatable bonds is 9. The van der Waals surface area contributed by atoms with Crippen LogP contribution in [0.4, 0.5) is 0 Å². The second-order valence-corrected chi connectivity index (χ2v) is 6.33. The maximum atomic E-state index is 6.13. The molecular weight excluding hydrogens is 315 g/mol. The highest BCUT2D eigenvalue weighted by Crippen LogP contribution is 2.07. The average Bonchev–Trinajstić information content (AvgIpc) is 2.53. The Morgan fingerprint density at radius 2 is 1.00 bits per heavy atom. The highest BCUT2D eigenvalue weighted by atomic mass is 35.5. The summed E-state index contributed by atoms with van der Waals surface area (Å²) in [5.41, 5.74) is 0. The molecule has 2 nitrogen and oxygen atoms in total. The van der Waals surface area contributed by atoms with Gasteiger partial charge in [-0.05, 0) is 48.2 Å². The number of aromatic nitrogens is 2. The van der Waals surface area contributed by atoms with Crippen molar-refractivity contribution in [1.29, 1.82) is 0 Å². The highest BCUT2D eigenvalue weighted by Gasteiger charge is 2.06. The quantitative estimate of drug-likeness (QED) is 0.358. The van der Waals surface area contributed by atoms with Crippen molar-refractivity contribution in [2.45, 2.75) is 51.6 Å². The average molecular weight is 339 g/mol. The van der Waals surface area contributed by atoms with E-state index in [-0.39, 0.29) is 0 Å². The zero-order valence-corrected chi connectivity index (χ0v) is 14.4. The molecule has 2 rings (SSSR count). The Balaban J connectivity index is 1.51. The van der Waals surface area contributed by atoms with Gasteiger partial charge in [-0.15, -0.1) is 0 Å². The van der Waals surface area contributed by atoms with Crippen LogP contribution in [0.25, 0.3) is 0 Å². The Labute approximate surface area is 143 Å². The molecule has 0 atom stereocenters. The number of hydrogen-bond donors (Lipinski definition) is 0. The van der Waals surface area contributed by atoms with Crippen LogP contribution in [0.1, 0.15) is 38.5 Å². The SMILES string of the molecule is Clc1cccc[n+]1CCCCCCCC[n+]1ccccc1Cl. The number of aryl methyl sites for hydroxylation is 2. The Kier molecular flexibility index (Phi) is 7.68. The van der Waals surface area contributed by atoms with Crippen LogP contribution in [0.2, 0.25) is 10.3 Å². The van der Waals surface area contributed by atoms with Crippen molar-refractivity contribution in [2.75, 3.05) is 0 Å². The lowest BCUT2D eigenvalue weighted by atomic mass is 10.1. The van der Waals surface area contributed by atoms with Crippen molar-refractivity contribution in [3.63, 3.8) is 0 Å². The fourth-order valence-corrected chi connectivity index (χ4v) is 2.97. The Morgan fingerprint density at radius 3 is 1.41 bits per heavy atom. The summed E-state index contributed by atoms with van der Waals surface area (Å²) in [5, 5.41) is 1.64. The summed E-state index contributed by atoms with van der Waals surface area (Å²) in [6, 6.07) is 11.9. The lowest BCUT2D eigenvalue weighted by Crippen LogP contribution is -2.34. The molecule has 2 heterocycles. The van der Waals surface area contributed by atoms with Crippen LogP contribution >= 0.6 is 23.2 Å². The van der Waals surface area contributed by atoms with E-state index < -0.39 is 0 Å². The van der Waals surface area contributed by atoms with Crippen LogP contribution in [0.5, 0.6) is 0 Å². The van der Waals surface area contributed by atoms with Gasteiger partial charge in [-0.25, -0.2) is 0 Å². The molecule has 4 heteroatoms. The topological polar surface area (TPSA) is 7.76 Å². The van der Waals surface area contributed by atoms with Crippen LogP contribution in [0.15, 0.2) is 48.8 Å². The van der Waals surface area contributed by atoms with Gasteiger partial charge < -0.3 is 0 Å². The summed E-state index contributed by atoms with van der Waals surface area (Å²) in [4.78, 5) is 0. The number of unbranched alkanes of at least 4 members (excludes halogenated alkanes) is 5. The summed E-state index contributed by atoms with van der Waals surface area (Å²) in [7, 11) is 0. The normalized spacial score (nSPS) is 10.8. The van der Waals surface area contributed by atoms with Gasteiger partial charge in [0.2, 0.25) is 0 Å². The molecule has 0 saturated carbocycles. The molecule has 0 N–H and O–H groups in total. The fraction of sp³-hybridized carbons (Fsp3) is 0.444. The van der Waals surface area contributed by atoms with Crippen molar-refractivity contribution in [3.8, 4) is 0 Å². The first-order valence-electron chi connectivity index (χ1n) is 8.05. The van der Waals surface area contributed by atoms with E-state index in [0.717, 1.165) is 23.4 Å². The molecule has 0 aliphatic heterocycles. The first kappa shape index (κ1) is 17.2. The summed E-state index contributed by atoms with van der Waals surface area (Å²) in [5.74, 6) is 0. The van der Waals surface area contributed by atoms with Gasteiger partial charge in [-0.1, -0.05) is 12.8 Å². The van der Waals surface area contributed by atoms with E-state index in [1.54, 1.807) is 0 Å². The van der Waals surface area contributed by atoms with Crippen molar-refractivity contribution < 1.29 is 9.13 Å². The largest absolute Gasteiger partial charge is 0.274 e. The zero-order valence-electron chi connectivity index (χ0n) is 12.9. The van der Waals surface area contributed by atoms with Crippen LogP contribution in [0.3, 0.4) is 0 Å². The molecule has 2 aromatic rings. The summed E-state index contributed by atoms with van der Waals surface area (Å²) in [6.07, 6.45) is 11.6. The van der Waals surface area contributed by atoms with E-state index in [9.17, 15) is 0 Å². The van der Waals surface area contributed by atoms with E-state index in [4.69, 9.17) is 23.2 Å². The first-order chi connectivity index (χ1) is 10.8. The standard InChI is InChI=1S/C18H24Cl2N2/c19-17-11-5-9-15-21(17)13-7-3-1-2-4-8-14-22-16-10-6-12-18(22)20/h5-6,9-12,15-16H,1-4,7-8,13-14H2/q+2. The molecule has 0 saturated heterocycles. The van der Waals surface area contributed by atoms with E-state index in [1.807, 2.05) is 48.8 Å². The third-order valence-electron chi connectivity index (χ3n) is 3.82. The summed E-state index contributed by atoms with van der Waals surface area (Å²) in [6.45, 7) is 2.02. The van der Waals surface area contributed by atoms with Crippen molar-refractivity contribution in [2.24, 2.45) is 0 Å². The summed E-state index contributed by atoms with van der Waals surface area (Å²) < 4.78 is 4.21. The van der Waals surface area contributed by atoms with Crippen LogP contribution in [-0.4, -0.2) is 0 Å². The van der Waals surface area contributed by atoms with E-state index in [1.165, 1.54) is 38.5 Å². The van der Waals surface area contributed by atoms with Gasteiger partial charge in [0, 0.05) is 37.1 Å². The highest BCUT2D eigenvalue weighted by molar-refractivity contribution is 6.28. The number of hydrogen-bond acceptors (Lipinski definition) is 0. The number of nitrogens with zero attached hydrogens (tertiary/aromatic N) is 2. The molecule has 0 fully saturated rings. The monoisotopic (exact) mass is 338 g/mol. The third-order valence-corrected chi connectivity index (χ3v) is 4.50. The van der Waals surface area contributed by atoms with Crippen molar-refractivity contribution in [1.82, 2.24) is 0 Å². The van der Waals surface area contributed by atoms with Gasteiger partial charge in [0.25, 0.3) is 10.3 Å². The molecular formula is C18H24Cl2N2+2. The van der Waals surface area contributed by atoms with Crippen molar-refractivity contribution in [3.05, 3.63) is 59.1 Å². The Morgan fingerprint density at radius 1 is 0.591 bits per heavy atom. The van der Waals surface area contributed by atoms with Crippen LogP contribution in [-0.2, 0) is 13.1 Å². The minimum Gasteiger partial charge on any atom is -0.189 e. The number of halogens is 2. The predicted molar refractivity (Wildman–Crippen MR) is 91.0 cm³/mol. The second-order valence-electron chi connectivity index (χ2n) is 5.55. The molecule has 0 aliphatic rings. The van der Waals surface area contributed by atoms with E-state index in [0.29, 0.717) is 0 Å². The molecule has 0 unspecified atom stereocenters. The molecule has 0 bridgehead atoms. The maximum absolute atomic E-state index is 6.13. The van der Waals surface area contributed by atoms with E-state index >= 15 is 0 Å². The predicted octanol–water partition coefficient (Wildman–Crippen LogP) is 4.61. The molecule has 22 heavy (non-hydrogen) atoms. The van der Waals surface area contributed by atoms with Gasteiger partial charge in [0.1, 0.15) is 13.1 Å². The van der Waals surface area contributed by atoms with Gasteiger partial charge in [0.15, 0.2) is 12.4 Å². The minimum atomic E-state index is 0.819. The smallest absolute Gasteiger partial charge is 0.189 e. The van der Waals surface area contributed by atoms with Gasteiger partial charge in [-0.2, -0.15) is 9.13 Å². The van der Waals surface area contributed by atoms with Gasteiger partial charge in [-0.3, -0.25) is 0 Å². The molecule has 0 aliphatic carbocycles. The lowest BCUT2D eigenvalue weighted by molar-refractivity contribution is -0.695. The molecule has 0 radical (unpaired) electrons. The fourth-order valence-electron chi connectivity index (χ4n) is 2.55. The number of pyridine rings is 2. The van der Waals surface area contributed by atoms with Crippen molar-refractivity contribution >= 4 is 23.2 Å². The zero-order chi connectivity index (χ0) is 15.6.